The summed E-state index contributed by atoms with van der Waals surface area (Å²) in [5, 5.41) is 6.33. The zero-order valence-electron chi connectivity index (χ0n) is 22.9. The molecule has 0 radical (unpaired) electrons. The van der Waals surface area contributed by atoms with Crippen molar-refractivity contribution in [2.24, 2.45) is 0 Å². The monoisotopic (exact) mass is 581 g/mol. The van der Waals surface area contributed by atoms with Crippen LogP contribution in [0.2, 0.25) is 0 Å². The lowest BCUT2D eigenvalue weighted by Crippen LogP contribution is -2.32. The van der Waals surface area contributed by atoms with E-state index in [9.17, 15) is 0 Å². The maximum Gasteiger partial charge on any atom is 0.0502 e. The molecule has 0 aromatic heterocycles. The highest BCUT2D eigenvalue weighted by Gasteiger charge is 2.38. The molecule has 0 N–H and O–H groups in total. The van der Waals surface area contributed by atoms with Crippen molar-refractivity contribution < 1.29 is 0 Å². The van der Waals surface area contributed by atoms with Gasteiger partial charge < -0.3 is 4.90 Å². The van der Waals surface area contributed by atoms with E-state index >= 15 is 0 Å². The molecule has 2 heterocycles. The Morgan fingerprint density at radius 1 is 0.585 bits per heavy atom. The molecule has 1 atom stereocenters. The normalized spacial score (nSPS) is 18.2. The molecule has 0 aliphatic carbocycles. The number of benzene rings is 6. The van der Waals surface area contributed by atoms with Crippen molar-refractivity contribution in [3.05, 3.63) is 145 Å². The minimum atomic E-state index is -2.27. The van der Waals surface area contributed by atoms with Gasteiger partial charge in [0, 0.05) is 37.5 Å². The van der Waals surface area contributed by atoms with Gasteiger partial charge in [-0.25, -0.2) is 0 Å². The molecule has 6 aromatic rings. The predicted octanol–water partition coefficient (Wildman–Crippen LogP) is 9.17. The summed E-state index contributed by atoms with van der Waals surface area (Å²) in [4.78, 5) is 4.98. The topological polar surface area (TPSA) is 3.24 Å². The van der Waals surface area contributed by atoms with E-state index in [2.05, 4.69) is 152 Å². The average molecular weight is 582 g/mol. The molecule has 0 saturated heterocycles. The van der Waals surface area contributed by atoms with Crippen molar-refractivity contribution in [2.75, 3.05) is 4.90 Å². The molecule has 0 spiro atoms. The number of rotatable bonds is 2. The fourth-order valence-electron chi connectivity index (χ4n) is 6.63. The van der Waals surface area contributed by atoms with Crippen molar-refractivity contribution in [1.29, 1.82) is 0 Å². The Balaban J connectivity index is 1.35. The Labute approximate surface area is 250 Å². The van der Waals surface area contributed by atoms with Gasteiger partial charge >= 0.3 is 0 Å². The summed E-state index contributed by atoms with van der Waals surface area (Å²) in [6, 6.07) is 46.6. The van der Waals surface area contributed by atoms with E-state index in [1.165, 1.54) is 64.7 Å². The molecule has 6 aromatic carbocycles. The number of hydrogen-bond acceptors (Lipinski definition) is 3. The summed E-state index contributed by atoms with van der Waals surface area (Å²) in [6.45, 7) is 4.67. The molecule has 0 saturated carbocycles. The SMILES string of the molecule is CC1(C)c2ccccc2N(c2ccc3c(c2)Sc2ccccc2P3(=S)c2ccc3ccccc3c2)c2ccccc21. The van der Waals surface area contributed by atoms with Crippen molar-refractivity contribution in [1.82, 2.24) is 0 Å². The van der Waals surface area contributed by atoms with Gasteiger partial charge in [-0.3, -0.25) is 0 Å². The highest BCUT2D eigenvalue weighted by molar-refractivity contribution is 8.26. The van der Waals surface area contributed by atoms with Crippen LogP contribution in [0.3, 0.4) is 0 Å². The number of nitrogens with zero attached hydrogens (tertiary/aromatic N) is 1. The number of para-hydroxylation sites is 2. The lowest BCUT2D eigenvalue weighted by molar-refractivity contribution is 0.632. The van der Waals surface area contributed by atoms with Gasteiger partial charge in [0.1, 0.15) is 0 Å². The lowest BCUT2D eigenvalue weighted by atomic mass is 9.73. The maximum atomic E-state index is 6.83. The molecule has 0 bridgehead atoms. The smallest absolute Gasteiger partial charge is 0.0502 e. The minimum absolute atomic E-state index is 0.0804. The Hall–Kier alpha value is -3.62. The van der Waals surface area contributed by atoms with Gasteiger partial charge in [-0.15, -0.1) is 0 Å². The summed E-state index contributed by atoms with van der Waals surface area (Å²) in [6.07, 6.45) is 0. The van der Waals surface area contributed by atoms with Crippen molar-refractivity contribution >= 4 is 73.4 Å². The summed E-state index contributed by atoms with van der Waals surface area (Å²) in [7, 11) is 0. The van der Waals surface area contributed by atoms with Gasteiger partial charge in [0.05, 0.1) is 11.4 Å². The van der Waals surface area contributed by atoms with Gasteiger partial charge in [0.25, 0.3) is 0 Å². The third-order valence-corrected chi connectivity index (χ3v) is 15.1. The predicted molar refractivity (Wildman–Crippen MR) is 181 cm³/mol. The van der Waals surface area contributed by atoms with E-state index in [4.69, 9.17) is 11.8 Å². The summed E-state index contributed by atoms with van der Waals surface area (Å²) < 4.78 is 0. The Bertz CT molecular complexity index is 2010. The quantitative estimate of drug-likeness (QED) is 0.188. The van der Waals surface area contributed by atoms with Gasteiger partial charge in [-0.1, -0.05) is 128 Å². The molecule has 1 unspecified atom stereocenters. The number of fused-ring (bicyclic) bond motifs is 5. The third-order valence-electron chi connectivity index (χ3n) is 8.70. The maximum absolute atomic E-state index is 6.83. The van der Waals surface area contributed by atoms with Crippen LogP contribution in [0.5, 0.6) is 0 Å². The van der Waals surface area contributed by atoms with Crippen LogP contribution in [0.1, 0.15) is 25.0 Å². The first-order chi connectivity index (χ1) is 20.0. The van der Waals surface area contributed by atoms with Crippen LogP contribution in [0.4, 0.5) is 17.1 Å². The molecular formula is C37H28NPS2. The molecule has 8 rings (SSSR count). The molecule has 198 valence electrons. The second kappa shape index (κ2) is 9.19. The fraction of sp³-hybridized carbons (Fsp3) is 0.0811. The lowest BCUT2D eigenvalue weighted by Gasteiger charge is -2.42. The molecule has 0 fully saturated rings. The Morgan fingerprint density at radius 2 is 1.20 bits per heavy atom. The zero-order valence-corrected chi connectivity index (χ0v) is 25.4. The first-order valence-electron chi connectivity index (χ1n) is 14.0. The van der Waals surface area contributed by atoms with Gasteiger partial charge in [0.2, 0.25) is 0 Å². The molecule has 2 aliphatic heterocycles. The molecule has 1 nitrogen and oxygen atoms in total. The van der Waals surface area contributed by atoms with Gasteiger partial charge in [0.15, 0.2) is 0 Å². The van der Waals surface area contributed by atoms with E-state index < -0.39 is 6.04 Å². The molecule has 41 heavy (non-hydrogen) atoms. The second-order valence-corrected chi connectivity index (χ2v) is 16.8. The van der Waals surface area contributed by atoms with Gasteiger partial charge in [-0.2, -0.15) is 0 Å². The van der Waals surface area contributed by atoms with Crippen LogP contribution in [0.15, 0.2) is 143 Å². The highest BCUT2D eigenvalue weighted by atomic mass is 32.4. The third kappa shape index (κ3) is 3.66. The summed E-state index contributed by atoms with van der Waals surface area (Å²) in [5.74, 6) is 0. The highest BCUT2D eigenvalue weighted by Crippen LogP contribution is 2.55. The average Bonchev–Trinajstić information content (AvgIpc) is 3.01. The number of anilines is 3. The largest absolute Gasteiger partial charge is 0.310 e. The van der Waals surface area contributed by atoms with Crippen molar-refractivity contribution in [3.8, 4) is 0 Å². The van der Waals surface area contributed by atoms with Crippen LogP contribution in [0, 0.1) is 0 Å². The fourth-order valence-corrected chi connectivity index (χ4v) is 13.0. The first-order valence-corrected chi connectivity index (χ1v) is 17.6. The zero-order chi connectivity index (χ0) is 27.8. The summed E-state index contributed by atoms with van der Waals surface area (Å²) in [5.41, 5.74) is 6.26. The van der Waals surface area contributed by atoms with E-state index in [-0.39, 0.29) is 5.41 Å². The van der Waals surface area contributed by atoms with Crippen LogP contribution in [-0.2, 0) is 17.2 Å². The van der Waals surface area contributed by atoms with Crippen LogP contribution in [0.25, 0.3) is 10.8 Å². The second-order valence-electron chi connectivity index (χ2n) is 11.4. The van der Waals surface area contributed by atoms with E-state index in [0.29, 0.717) is 0 Å². The molecular weight excluding hydrogens is 554 g/mol. The Kier molecular flexibility index (Phi) is 5.63. The van der Waals surface area contributed by atoms with E-state index in [0.717, 1.165) is 0 Å². The van der Waals surface area contributed by atoms with Crippen LogP contribution >= 0.6 is 17.8 Å². The van der Waals surface area contributed by atoms with Gasteiger partial charge in [-0.05, 0) is 69.7 Å². The van der Waals surface area contributed by atoms with Crippen LogP contribution < -0.4 is 20.8 Å². The van der Waals surface area contributed by atoms with Crippen molar-refractivity contribution in [2.45, 2.75) is 29.1 Å². The van der Waals surface area contributed by atoms with Crippen molar-refractivity contribution in [3.63, 3.8) is 0 Å². The molecule has 4 heteroatoms. The summed E-state index contributed by atoms with van der Waals surface area (Å²) >= 11 is 8.69. The standard InChI is InChI=1S/C37H28NPS2/c1-37(2)29-13-5-7-15-31(29)38(32-16-8-6-14-30(32)37)27-20-22-34-36(24-27)41-35-18-10-9-17-33(35)39(34,40)28-21-19-25-11-3-4-12-26(25)23-28/h3-24H,1-2H3. The number of hydrogen-bond donors (Lipinski definition) is 0. The minimum Gasteiger partial charge on any atom is -0.310 e. The Morgan fingerprint density at radius 3 is 1.95 bits per heavy atom. The molecule has 2 aliphatic rings. The molecule has 0 amide bonds. The van der Waals surface area contributed by atoms with Crippen LogP contribution in [-0.4, -0.2) is 0 Å². The first kappa shape index (κ1) is 25.1. The van der Waals surface area contributed by atoms with E-state index in [1.807, 2.05) is 11.8 Å². The van der Waals surface area contributed by atoms with E-state index in [1.54, 1.807) is 0 Å².